The third kappa shape index (κ3) is 4.35. The highest BCUT2D eigenvalue weighted by Crippen LogP contribution is 2.28. The first-order valence-corrected chi connectivity index (χ1v) is 9.05. The summed E-state index contributed by atoms with van der Waals surface area (Å²) in [6.07, 6.45) is 1.50. The number of halogens is 2. The summed E-state index contributed by atoms with van der Waals surface area (Å²) in [5, 5.41) is 16.3. The van der Waals surface area contributed by atoms with Gasteiger partial charge in [-0.25, -0.2) is 4.98 Å². The van der Waals surface area contributed by atoms with Crippen LogP contribution in [-0.4, -0.2) is 36.1 Å². The van der Waals surface area contributed by atoms with Crippen LogP contribution in [0.2, 0.25) is 0 Å². The molecule has 0 amide bonds. The van der Waals surface area contributed by atoms with Gasteiger partial charge in [-0.3, -0.25) is 0 Å². The fourth-order valence-electron chi connectivity index (χ4n) is 1.45. The number of hydrogen-bond acceptors (Lipinski definition) is 8. The second kappa shape index (κ2) is 6.86. The molecule has 2 aromatic rings. The Hall–Kier alpha value is -1.30. The number of anilines is 3. The van der Waals surface area contributed by atoms with E-state index in [1.165, 1.54) is 11.6 Å². The summed E-state index contributed by atoms with van der Waals surface area (Å²) < 4.78 is 34.7. The summed E-state index contributed by atoms with van der Waals surface area (Å²) >= 11 is 4.04. The third-order valence-corrected chi connectivity index (χ3v) is 5.26. The maximum atomic E-state index is 12.9. The molecule has 2 aromatic heterocycles. The summed E-state index contributed by atoms with van der Waals surface area (Å²) in [7, 11) is -4.72. The molecule has 0 aliphatic heterocycles. The summed E-state index contributed by atoms with van der Waals surface area (Å²) in [6, 6.07) is 0.956. The van der Waals surface area contributed by atoms with Crippen LogP contribution in [0.1, 0.15) is 6.92 Å². The molecular formula is C11H12BrFN4O3S2. The van der Waals surface area contributed by atoms with E-state index in [0.29, 0.717) is 16.0 Å². The summed E-state index contributed by atoms with van der Waals surface area (Å²) in [5.74, 6) is 0.670. The molecule has 1 atom stereocenters. The van der Waals surface area contributed by atoms with E-state index in [4.69, 9.17) is 5.11 Å². The Bertz CT molecular complexity index is 768. The van der Waals surface area contributed by atoms with Gasteiger partial charge in [0.1, 0.15) is 5.82 Å². The van der Waals surface area contributed by atoms with E-state index in [1.807, 2.05) is 0 Å². The van der Waals surface area contributed by atoms with Gasteiger partial charge in [-0.15, -0.1) is 11.3 Å². The summed E-state index contributed by atoms with van der Waals surface area (Å²) in [6.45, 7) is 1.71. The van der Waals surface area contributed by atoms with E-state index in [9.17, 15) is 12.3 Å². The second-order valence-corrected chi connectivity index (χ2v) is 7.67. The zero-order valence-corrected chi connectivity index (χ0v) is 14.5. The molecule has 0 saturated carbocycles. The molecule has 3 N–H and O–H groups in total. The molecule has 0 bridgehead atoms. The maximum Gasteiger partial charge on any atom is 0.341 e. The minimum Gasteiger partial charge on any atom is -0.394 e. The number of aromatic nitrogens is 2. The van der Waals surface area contributed by atoms with Crippen LogP contribution in [0.15, 0.2) is 26.3 Å². The van der Waals surface area contributed by atoms with E-state index in [2.05, 4.69) is 36.5 Å². The molecule has 0 spiro atoms. The van der Waals surface area contributed by atoms with Crippen molar-refractivity contribution < 1.29 is 17.4 Å². The van der Waals surface area contributed by atoms with E-state index < -0.39 is 10.2 Å². The van der Waals surface area contributed by atoms with Crippen LogP contribution in [0.4, 0.5) is 21.3 Å². The Kier molecular flexibility index (Phi) is 5.32. The van der Waals surface area contributed by atoms with Crippen molar-refractivity contribution in [1.82, 2.24) is 9.97 Å². The Labute approximate surface area is 139 Å². The van der Waals surface area contributed by atoms with Crippen molar-refractivity contribution in [3.8, 4) is 0 Å². The first kappa shape index (κ1) is 17.1. The number of thiophene rings is 1. The predicted octanol–water partition coefficient (Wildman–Crippen LogP) is 2.50. The van der Waals surface area contributed by atoms with Crippen molar-refractivity contribution >= 4 is 54.9 Å². The number of nitrogens with one attached hydrogen (secondary N) is 2. The number of aliphatic hydroxyl groups is 1. The van der Waals surface area contributed by atoms with Gasteiger partial charge in [0.2, 0.25) is 5.95 Å². The van der Waals surface area contributed by atoms with E-state index in [0.717, 1.165) is 17.4 Å². The maximum absolute atomic E-state index is 12.9. The minimum absolute atomic E-state index is 0.0680. The first-order chi connectivity index (χ1) is 10.3. The Morgan fingerprint density at radius 2 is 2.27 bits per heavy atom. The van der Waals surface area contributed by atoms with Gasteiger partial charge in [-0.05, 0) is 28.9 Å². The lowest BCUT2D eigenvalue weighted by atomic mass is 10.3. The summed E-state index contributed by atoms with van der Waals surface area (Å²) in [5.41, 5.74) is 0.365. The quantitative estimate of drug-likeness (QED) is 0.628. The van der Waals surface area contributed by atoms with Crippen LogP contribution in [-0.2, 0) is 10.2 Å². The number of rotatable bonds is 6. The molecular weight excluding hydrogens is 399 g/mol. The van der Waals surface area contributed by atoms with Crippen molar-refractivity contribution in [2.45, 2.75) is 17.2 Å². The van der Waals surface area contributed by atoms with Crippen LogP contribution in [0, 0.1) is 0 Å². The van der Waals surface area contributed by atoms with Crippen molar-refractivity contribution in [3.05, 3.63) is 22.1 Å². The van der Waals surface area contributed by atoms with Gasteiger partial charge in [-0.1, -0.05) is 3.89 Å². The van der Waals surface area contributed by atoms with Crippen molar-refractivity contribution in [2.24, 2.45) is 0 Å². The van der Waals surface area contributed by atoms with Gasteiger partial charge in [0.05, 0.1) is 16.8 Å². The van der Waals surface area contributed by atoms with E-state index >= 15 is 0 Å². The van der Waals surface area contributed by atoms with Gasteiger partial charge in [0.15, 0.2) is 4.21 Å². The van der Waals surface area contributed by atoms with Crippen molar-refractivity contribution in [2.75, 3.05) is 17.2 Å². The highest BCUT2D eigenvalue weighted by Gasteiger charge is 2.15. The lowest BCUT2D eigenvalue weighted by Gasteiger charge is -2.13. The Balaban J connectivity index is 2.19. The first-order valence-electron chi connectivity index (χ1n) is 5.99. The second-order valence-electron chi connectivity index (χ2n) is 4.34. The van der Waals surface area contributed by atoms with Crippen LogP contribution < -0.4 is 10.6 Å². The van der Waals surface area contributed by atoms with Crippen LogP contribution >= 0.6 is 27.3 Å². The van der Waals surface area contributed by atoms with Gasteiger partial charge in [0.25, 0.3) is 0 Å². The zero-order valence-electron chi connectivity index (χ0n) is 11.2. The number of aliphatic hydroxyl groups excluding tert-OH is 1. The number of nitrogens with zero attached hydrogens (tertiary/aromatic N) is 2. The highest BCUT2D eigenvalue weighted by molar-refractivity contribution is 9.10. The molecule has 11 heteroatoms. The Morgan fingerprint density at radius 3 is 2.86 bits per heavy atom. The SMILES string of the molecule is C[C@H](CO)Nc1nc(Nc2csc(S(=O)(=O)F)c2)ncc1Br. The predicted molar refractivity (Wildman–Crippen MR) is 85.8 cm³/mol. The van der Waals surface area contributed by atoms with Gasteiger partial charge >= 0.3 is 10.2 Å². The van der Waals surface area contributed by atoms with Gasteiger partial charge in [0, 0.05) is 17.6 Å². The largest absolute Gasteiger partial charge is 0.394 e. The fraction of sp³-hybridized carbons (Fsp3) is 0.273. The van der Waals surface area contributed by atoms with Crippen molar-refractivity contribution in [3.63, 3.8) is 0 Å². The Morgan fingerprint density at radius 1 is 1.55 bits per heavy atom. The lowest BCUT2D eigenvalue weighted by Crippen LogP contribution is -2.20. The lowest BCUT2D eigenvalue weighted by molar-refractivity contribution is 0.281. The normalized spacial score (nSPS) is 12.9. The molecule has 0 saturated heterocycles. The molecule has 0 aliphatic carbocycles. The highest BCUT2D eigenvalue weighted by atomic mass is 79.9. The molecule has 2 rings (SSSR count). The molecule has 0 unspecified atom stereocenters. The molecule has 120 valence electrons. The standard InChI is InChI=1S/C11H12BrFN4O3S2/c1-6(4-18)15-10-8(12)3-14-11(17-10)16-7-2-9(21-5-7)22(13,19)20/h2-3,5-6,18H,4H2,1H3,(H2,14,15,16,17)/t6-/m1/s1. The average molecular weight is 411 g/mol. The fourth-order valence-corrected chi connectivity index (χ4v) is 3.19. The minimum atomic E-state index is -4.72. The van der Waals surface area contributed by atoms with Crippen LogP contribution in [0.5, 0.6) is 0 Å². The molecule has 0 fully saturated rings. The van der Waals surface area contributed by atoms with Gasteiger partial charge < -0.3 is 15.7 Å². The molecule has 2 heterocycles. The smallest absolute Gasteiger partial charge is 0.341 e. The van der Waals surface area contributed by atoms with E-state index in [-0.39, 0.29) is 22.8 Å². The van der Waals surface area contributed by atoms with Gasteiger partial charge in [-0.2, -0.15) is 13.4 Å². The summed E-state index contributed by atoms with van der Waals surface area (Å²) in [4.78, 5) is 8.23. The number of hydrogen-bond donors (Lipinski definition) is 3. The zero-order chi connectivity index (χ0) is 16.3. The average Bonchev–Trinajstić information content (AvgIpc) is 2.91. The molecule has 0 aromatic carbocycles. The van der Waals surface area contributed by atoms with Crippen LogP contribution in [0.3, 0.4) is 0 Å². The molecule has 22 heavy (non-hydrogen) atoms. The third-order valence-electron chi connectivity index (χ3n) is 2.47. The van der Waals surface area contributed by atoms with Crippen molar-refractivity contribution in [1.29, 1.82) is 0 Å². The monoisotopic (exact) mass is 410 g/mol. The molecule has 0 aliphatic rings. The van der Waals surface area contributed by atoms with Crippen LogP contribution in [0.25, 0.3) is 0 Å². The topological polar surface area (TPSA) is 104 Å². The molecule has 0 radical (unpaired) electrons. The van der Waals surface area contributed by atoms with E-state index in [1.54, 1.807) is 6.92 Å². The molecule has 7 nitrogen and oxygen atoms in total.